The average Bonchev–Trinajstić information content (AvgIpc) is 3.36. The van der Waals surface area contributed by atoms with Crippen LogP contribution in [0.15, 0.2) is 72.3 Å². The molecule has 0 spiro atoms. The highest BCUT2D eigenvalue weighted by molar-refractivity contribution is 5.89. The van der Waals surface area contributed by atoms with E-state index in [0.29, 0.717) is 18.2 Å². The normalized spacial score (nSPS) is 14.6. The lowest BCUT2D eigenvalue weighted by molar-refractivity contribution is 0.0600. The Morgan fingerprint density at radius 1 is 1.00 bits per heavy atom. The van der Waals surface area contributed by atoms with Crippen LogP contribution in [0.1, 0.15) is 48.0 Å². The van der Waals surface area contributed by atoms with Gasteiger partial charge in [0.05, 0.1) is 19.3 Å². The first kappa shape index (κ1) is 22.1. The molecule has 4 nitrogen and oxygen atoms in total. The largest absolute Gasteiger partial charge is 0.493 e. The average molecular weight is 430 g/mol. The number of methoxy groups -OCH3 is 1. The zero-order valence-electron chi connectivity index (χ0n) is 18.7. The highest BCUT2D eigenvalue weighted by Crippen LogP contribution is 2.26. The predicted molar refractivity (Wildman–Crippen MR) is 130 cm³/mol. The van der Waals surface area contributed by atoms with Crippen molar-refractivity contribution in [2.24, 2.45) is 0 Å². The van der Waals surface area contributed by atoms with Gasteiger partial charge in [-0.1, -0.05) is 73.0 Å². The number of nitrogens with one attached hydrogen (secondary N) is 1. The van der Waals surface area contributed by atoms with Crippen molar-refractivity contribution in [1.82, 2.24) is 5.32 Å². The van der Waals surface area contributed by atoms with Crippen LogP contribution in [0.4, 0.5) is 0 Å². The minimum atomic E-state index is -0.313. The third-order valence-corrected chi connectivity index (χ3v) is 6.11. The standard InChI is InChI=1S/C28H31NO3/c1-31-28(30)24-15-13-21(14-16-24)19-22(20-29-25-9-3-4-10-25)17-18-32-27-12-6-8-23-7-2-5-11-26(23)27/h2,5-8,11-16,19,25,29H,3-4,9-10,17-18,20H2,1H3/b22-19-. The van der Waals surface area contributed by atoms with E-state index < -0.39 is 0 Å². The van der Waals surface area contributed by atoms with E-state index in [9.17, 15) is 4.79 Å². The molecule has 4 heteroatoms. The molecular formula is C28H31NO3. The van der Waals surface area contributed by atoms with Gasteiger partial charge in [0.15, 0.2) is 0 Å². The third kappa shape index (κ3) is 5.77. The van der Waals surface area contributed by atoms with Gasteiger partial charge in [0.1, 0.15) is 5.75 Å². The van der Waals surface area contributed by atoms with Crippen molar-refractivity contribution in [1.29, 1.82) is 0 Å². The number of hydrogen-bond acceptors (Lipinski definition) is 4. The van der Waals surface area contributed by atoms with Gasteiger partial charge >= 0.3 is 5.97 Å². The van der Waals surface area contributed by atoms with Gasteiger partial charge in [-0.05, 0) is 42.0 Å². The second-order valence-electron chi connectivity index (χ2n) is 8.35. The second kappa shape index (κ2) is 11.0. The van der Waals surface area contributed by atoms with Crippen molar-refractivity contribution in [2.75, 3.05) is 20.3 Å². The number of ether oxygens (including phenoxy) is 2. The summed E-state index contributed by atoms with van der Waals surface area (Å²) in [5.41, 5.74) is 2.93. The highest BCUT2D eigenvalue weighted by Gasteiger charge is 2.14. The topological polar surface area (TPSA) is 47.6 Å². The van der Waals surface area contributed by atoms with Crippen LogP contribution in [0.5, 0.6) is 5.75 Å². The van der Waals surface area contributed by atoms with Gasteiger partial charge in [-0.15, -0.1) is 0 Å². The van der Waals surface area contributed by atoms with E-state index in [4.69, 9.17) is 9.47 Å². The minimum Gasteiger partial charge on any atom is -0.493 e. The lowest BCUT2D eigenvalue weighted by Crippen LogP contribution is -2.28. The van der Waals surface area contributed by atoms with Gasteiger partial charge in [0, 0.05) is 24.4 Å². The molecule has 0 saturated heterocycles. The van der Waals surface area contributed by atoms with E-state index in [1.165, 1.54) is 43.8 Å². The maximum absolute atomic E-state index is 11.7. The molecule has 0 amide bonds. The molecule has 3 aromatic carbocycles. The lowest BCUT2D eigenvalue weighted by Gasteiger charge is -2.16. The Morgan fingerprint density at radius 3 is 2.53 bits per heavy atom. The van der Waals surface area contributed by atoms with Crippen LogP contribution in [-0.4, -0.2) is 32.3 Å². The number of carbonyl (C=O) groups is 1. The van der Waals surface area contributed by atoms with Crippen LogP contribution >= 0.6 is 0 Å². The lowest BCUT2D eigenvalue weighted by atomic mass is 10.1. The minimum absolute atomic E-state index is 0.313. The van der Waals surface area contributed by atoms with E-state index in [1.54, 1.807) is 0 Å². The number of benzene rings is 3. The summed E-state index contributed by atoms with van der Waals surface area (Å²) in [6.45, 7) is 1.47. The van der Waals surface area contributed by atoms with Crippen LogP contribution in [0.25, 0.3) is 16.8 Å². The van der Waals surface area contributed by atoms with Gasteiger partial charge in [0.2, 0.25) is 0 Å². The molecule has 1 fully saturated rings. The van der Waals surface area contributed by atoms with E-state index in [2.05, 4.69) is 29.6 Å². The molecule has 0 radical (unpaired) electrons. The summed E-state index contributed by atoms with van der Waals surface area (Å²) in [4.78, 5) is 11.7. The Kier molecular flexibility index (Phi) is 7.57. The molecule has 1 aliphatic rings. The maximum Gasteiger partial charge on any atom is 0.337 e. The molecule has 1 saturated carbocycles. The summed E-state index contributed by atoms with van der Waals surface area (Å²) in [5.74, 6) is 0.612. The molecule has 0 atom stereocenters. The summed E-state index contributed by atoms with van der Waals surface area (Å²) >= 11 is 0. The van der Waals surface area contributed by atoms with Crippen molar-refractivity contribution in [3.63, 3.8) is 0 Å². The zero-order chi connectivity index (χ0) is 22.2. The van der Waals surface area contributed by atoms with Crippen LogP contribution in [0.2, 0.25) is 0 Å². The summed E-state index contributed by atoms with van der Waals surface area (Å²) in [5, 5.41) is 6.05. The van der Waals surface area contributed by atoms with Crippen LogP contribution in [0, 0.1) is 0 Å². The first-order chi connectivity index (χ1) is 15.7. The number of carbonyl (C=O) groups excluding carboxylic acids is 1. The maximum atomic E-state index is 11.7. The molecule has 1 N–H and O–H groups in total. The molecule has 4 rings (SSSR count). The first-order valence-electron chi connectivity index (χ1n) is 11.4. The van der Waals surface area contributed by atoms with Gasteiger partial charge in [-0.3, -0.25) is 0 Å². The van der Waals surface area contributed by atoms with Crippen molar-refractivity contribution >= 4 is 22.8 Å². The van der Waals surface area contributed by atoms with Crippen molar-refractivity contribution in [3.8, 4) is 5.75 Å². The Labute approximate surface area is 190 Å². The van der Waals surface area contributed by atoms with E-state index in [-0.39, 0.29) is 5.97 Å². The van der Waals surface area contributed by atoms with Gasteiger partial charge in [0.25, 0.3) is 0 Å². The Hall–Kier alpha value is -3.11. The predicted octanol–water partition coefficient (Wildman–Crippen LogP) is 6.01. The van der Waals surface area contributed by atoms with Crippen LogP contribution in [0.3, 0.4) is 0 Å². The third-order valence-electron chi connectivity index (χ3n) is 6.11. The van der Waals surface area contributed by atoms with Crippen molar-refractivity contribution in [2.45, 2.75) is 38.1 Å². The molecule has 0 bridgehead atoms. The molecule has 0 unspecified atom stereocenters. The Morgan fingerprint density at radius 2 is 1.75 bits per heavy atom. The molecular weight excluding hydrogens is 398 g/mol. The monoisotopic (exact) mass is 429 g/mol. The molecule has 166 valence electrons. The van der Waals surface area contributed by atoms with E-state index >= 15 is 0 Å². The first-order valence-corrected chi connectivity index (χ1v) is 11.4. The number of rotatable bonds is 9. The fraction of sp³-hybridized carbons (Fsp3) is 0.321. The fourth-order valence-corrected chi connectivity index (χ4v) is 4.30. The number of esters is 1. The summed E-state index contributed by atoms with van der Waals surface area (Å²) in [6, 6.07) is 22.7. The molecule has 0 heterocycles. The van der Waals surface area contributed by atoms with E-state index in [1.807, 2.05) is 48.5 Å². The molecule has 32 heavy (non-hydrogen) atoms. The van der Waals surface area contributed by atoms with Crippen LogP contribution in [-0.2, 0) is 4.74 Å². The molecule has 0 aliphatic heterocycles. The van der Waals surface area contributed by atoms with Gasteiger partial charge in [-0.25, -0.2) is 4.79 Å². The zero-order valence-corrected chi connectivity index (χ0v) is 18.7. The Balaban J connectivity index is 1.44. The van der Waals surface area contributed by atoms with Gasteiger partial charge in [-0.2, -0.15) is 0 Å². The summed E-state index contributed by atoms with van der Waals surface area (Å²) in [6.07, 6.45) is 8.18. The number of hydrogen-bond donors (Lipinski definition) is 1. The smallest absolute Gasteiger partial charge is 0.337 e. The molecule has 1 aliphatic carbocycles. The second-order valence-corrected chi connectivity index (χ2v) is 8.35. The Bertz CT molecular complexity index is 1060. The summed E-state index contributed by atoms with van der Waals surface area (Å²) in [7, 11) is 1.40. The molecule has 0 aromatic heterocycles. The van der Waals surface area contributed by atoms with E-state index in [0.717, 1.165) is 29.7 Å². The van der Waals surface area contributed by atoms with Gasteiger partial charge < -0.3 is 14.8 Å². The van der Waals surface area contributed by atoms with Crippen LogP contribution < -0.4 is 10.1 Å². The quantitative estimate of drug-likeness (QED) is 0.423. The number of fused-ring (bicyclic) bond motifs is 1. The highest BCUT2D eigenvalue weighted by atomic mass is 16.5. The summed E-state index contributed by atoms with van der Waals surface area (Å²) < 4.78 is 11.0. The fourth-order valence-electron chi connectivity index (χ4n) is 4.30. The van der Waals surface area contributed by atoms with Crippen molar-refractivity contribution in [3.05, 3.63) is 83.4 Å². The van der Waals surface area contributed by atoms with Crippen molar-refractivity contribution < 1.29 is 14.3 Å². The molecule has 3 aromatic rings. The SMILES string of the molecule is COC(=O)c1ccc(/C=C(/CCOc2cccc3ccccc23)CNC2CCCC2)cc1.